The lowest BCUT2D eigenvalue weighted by atomic mass is 10.1. The summed E-state index contributed by atoms with van der Waals surface area (Å²) in [6.07, 6.45) is 0.194. The van der Waals surface area contributed by atoms with Crippen molar-refractivity contribution in [3.63, 3.8) is 0 Å². The van der Waals surface area contributed by atoms with Crippen molar-refractivity contribution in [1.29, 1.82) is 5.26 Å². The van der Waals surface area contributed by atoms with Crippen LogP contribution in [0.4, 0.5) is 0 Å². The van der Waals surface area contributed by atoms with Crippen LogP contribution in [-0.2, 0) is 10.5 Å². The van der Waals surface area contributed by atoms with Crippen molar-refractivity contribution in [2.24, 2.45) is 0 Å². The van der Waals surface area contributed by atoms with E-state index in [0.717, 1.165) is 16.9 Å². The number of carbonyl (C=O) groups is 1. The van der Waals surface area contributed by atoms with Crippen LogP contribution in [0.3, 0.4) is 0 Å². The highest BCUT2D eigenvalue weighted by atomic mass is 32.2. The van der Waals surface area contributed by atoms with Crippen molar-refractivity contribution in [2.45, 2.75) is 19.1 Å². The molecule has 0 aromatic heterocycles. The first-order valence-electron chi connectivity index (χ1n) is 4.92. The Labute approximate surface area is 99.1 Å². The van der Waals surface area contributed by atoms with Gasteiger partial charge in [-0.1, -0.05) is 6.07 Å². The van der Waals surface area contributed by atoms with E-state index in [1.165, 1.54) is 0 Å². The van der Waals surface area contributed by atoms with Crippen LogP contribution in [0.15, 0.2) is 18.2 Å². The summed E-state index contributed by atoms with van der Waals surface area (Å²) in [6.45, 7) is 1.97. The number of nitriles is 1. The maximum absolute atomic E-state index is 10.3. The van der Waals surface area contributed by atoms with E-state index in [9.17, 15) is 4.79 Å². The molecule has 1 aromatic carbocycles. The van der Waals surface area contributed by atoms with E-state index < -0.39 is 5.97 Å². The average Bonchev–Trinajstić information content (AvgIpc) is 2.25. The zero-order valence-corrected chi connectivity index (χ0v) is 9.88. The standard InChI is InChI=1S/C12H13NO2S/c1-9-6-10(7-13)2-3-11(9)8-16-5-4-12(14)15/h2-3,6H,4-5,8H2,1H3,(H,14,15). The normalized spacial score (nSPS) is 9.75. The highest BCUT2D eigenvalue weighted by Crippen LogP contribution is 2.17. The second-order valence-electron chi connectivity index (χ2n) is 3.45. The third-order valence-electron chi connectivity index (χ3n) is 2.19. The van der Waals surface area contributed by atoms with E-state index in [2.05, 4.69) is 6.07 Å². The molecule has 1 rings (SSSR count). The number of aliphatic carboxylic acids is 1. The molecule has 0 heterocycles. The zero-order chi connectivity index (χ0) is 12.0. The molecule has 0 aliphatic carbocycles. The summed E-state index contributed by atoms with van der Waals surface area (Å²) in [5, 5.41) is 17.2. The number of carboxylic acid groups (broad SMARTS) is 1. The minimum atomic E-state index is -0.760. The van der Waals surface area contributed by atoms with Gasteiger partial charge in [-0.15, -0.1) is 0 Å². The van der Waals surface area contributed by atoms with Gasteiger partial charge in [0.1, 0.15) is 0 Å². The van der Waals surface area contributed by atoms with Gasteiger partial charge >= 0.3 is 5.97 Å². The van der Waals surface area contributed by atoms with Crippen molar-refractivity contribution >= 4 is 17.7 Å². The van der Waals surface area contributed by atoms with E-state index in [4.69, 9.17) is 10.4 Å². The van der Waals surface area contributed by atoms with Gasteiger partial charge in [-0.25, -0.2) is 0 Å². The molecule has 3 nitrogen and oxygen atoms in total. The lowest BCUT2D eigenvalue weighted by molar-refractivity contribution is -0.136. The number of nitrogens with zero attached hydrogens (tertiary/aromatic N) is 1. The summed E-state index contributed by atoms with van der Waals surface area (Å²) in [5.74, 6) is 0.656. The maximum atomic E-state index is 10.3. The van der Waals surface area contributed by atoms with Gasteiger partial charge in [0, 0.05) is 11.5 Å². The van der Waals surface area contributed by atoms with E-state index in [-0.39, 0.29) is 6.42 Å². The van der Waals surface area contributed by atoms with Crippen LogP contribution < -0.4 is 0 Å². The molecule has 0 aliphatic heterocycles. The van der Waals surface area contributed by atoms with Crippen molar-refractivity contribution < 1.29 is 9.90 Å². The lowest BCUT2D eigenvalue weighted by Crippen LogP contribution is -1.96. The number of hydrogen-bond acceptors (Lipinski definition) is 3. The fraction of sp³-hybridized carbons (Fsp3) is 0.333. The highest BCUT2D eigenvalue weighted by molar-refractivity contribution is 7.98. The second-order valence-corrected chi connectivity index (χ2v) is 4.55. The van der Waals surface area contributed by atoms with E-state index in [1.807, 2.05) is 19.1 Å². The molecule has 84 valence electrons. The minimum Gasteiger partial charge on any atom is -0.481 e. The van der Waals surface area contributed by atoms with Crippen LogP contribution in [0.2, 0.25) is 0 Å². The number of aryl methyl sites for hydroxylation is 1. The minimum absolute atomic E-state index is 0.194. The number of thioether (sulfide) groups is 1. The first-order chi connectivity index (χ1) is 7.63. The smallest absolute Gasteiger partial charge is 0.304 e. The molecule has 0 fully saturated rings. The molecule has 0 spiro atoms. The Hall–Kier alpha value is -1.47. The molecule has 1 N–H and O–H groups in total. The van der Waals surface area contributed by atoms with Crippen LogP contribution in [-0.4, -0.2) is 16.8 Å². The van der Waals surface area contributed by atoms with Gasteiger partial charge in [-0.2, -0.15) is 17.0 Å². The summed E-state index contributed by atoms with van der Waals surface area (Å²) in [5.41, 5.74) is 2.91. The van der Waals surface area contributed by atoms with Crippen molar-refractivity contribution in [3.8, 4) is 6.07 Å². The molecule has 0 bridgehead atoms. The largest absolute Gasteiger partial charge is 0.481 e. The van der Waals surface area contributed by atoms with Gasteiger partial charge in [0.05, 0.1) is 18.1 Å². The molecule has 0 saturated carbocycles. The van der Waals surface area contributed by atoms with Crippen LogP contribution >= 0.6 is 11.8 Å². The van der Waals surface area contributed by atoms with E-state index in [0.29, 0.717) is 11.3 Å². The maximum Gasteiger partial charge on any atom is 0.304 e. The average molecular weight is 235 g/mol. The zero-order valence-electron chi connectivity index (χ0n) is 9.06. The van der Waals surface area contributed by atoms with E-state index >= 15 is 0 Å². The third kappa shape index (κ3) is 3.95. The van der Waals surface area contributed by atoms with E-state index in [1.54, 1.807) is 17.8 Å². The summed E-state index contributed by atoms with van der Waals surface area (Å²) in [4.78, 5) is 10.3. The van der Waals surface area contributed by atoms with Crippen LogP contribution in [0, 0.1) is 18.3 Å². The molecular formula is C12H13NO2S. The molecule has 4 heteroatoms. The van der Waals surface area contributed by atoms with Crippen LogP contribution in [0.1, 0.15) is 23.1 Å². The summed E-state index contributed by atoms with van der Waals surface area (Å²) in [7, 11) is 0. The van der Waals surface area contributed by atoms with Gasteiger partial charge in [0.2, 0.25) is 0 Å². The number of rotatable bonds is 5. The molecule has 1 aromatic rings. The number of benzene rings is 1. The number of carboxylic acids is 1. The SMILES string of the molecule is Cc1cc(C#N)ccc1CSCCC(=O)O. The quantitative estimate of drug-likeness (QED) is 0.797. The molecule has 0 unspecified atom stereocenters. The predicted molar refractivity (Wildman–Crippen MR) is 64.3 cm³/mol. The van der Waals surface area contributed by atoms with Gasteiger partial charge in [0.15, 0.2) is 0 Å². The molecule has 0 atom stereocenters. The first-order valence-corrected chi connectivity index (χ1v) is 6.08. The van der Waals surface area contributed by atoms with Crippen molar-refractivity contribution in [3.05, 3.63) is 34.9 Å². The predicted octanol–water partition coefficient (Wildman–Crippen LogP) is 2.57. The third-order valence-corrected chi connectivity index (χ3v) is 3.20. The molecule has 0 amide bonds. The Bertz CT molecular complexity index is 424. The summed E-state index contributed by atoms with van der Waals surface area (Å²) >= 11 is 1.60. The summed E-state index contributed by atoms with van der Waals surface area (Å²) in [6, 6.07) is 7.67. The molecule has 0 radical (unpaired) electrons. The van der Waals surface area contributed by atoms with Crippen LogP contribution in [0.25, 0.3) is 0 Å². The van der Waals surface area contributed by atoms with Crippen molar-refractivity contribution in [2.75, 3.05) is 5.75 Å². The van der Waals surface area contributed by atoms with Gasteiger partial charge in [-0.3, -0.25) is 4.79 Å². The van der Waals surface area contributed by atoms with Crippen molar-refractivity contribution in [1.82, 2.24) is 0 Å². The van der Waals surface area contributed by atoms with Crippen LogP contribution in [0.5, 0.6) is 0 Å². The topological polar surface area (TPSA) is 61.1 Å². The summed E-state index contributed by atoms with van der Waals surface area (Å²) < 4.78 is 0. The molecular weight excluding hydrogens is 222 g/mol. The Morgan fingerprint density at radius 1 is 1.56 bits per heavy atom. The van der Waals surface area contributed by atoms with Gasteiger partial charge in [-0.05, 0) is 30.2 Å². The highest BCUT2D eigenvalue weighted by Gasteiger charge is 2.01. The lowest BCUT2D eigenvalue weighted by Gasteiger charge is -2.05. The monoisotopic (exact) mass is 235 g/mol. The molecule has 0 saturated heterocycles. The fourth-order valence-electron chi connectivity index (χ4n) is 1.27. The number of hydrogen-bond donors (Lipinski definition) is 1. The molecule has 16 heavy (non-hydrogen) atoms. The fourth-order valence-corrected chi connectivity index (χ4v) is 2.28. The second kappa shape index (κ2) is 6.19. The Balaban J connectivity index is 2.49. The van der Waals surface area contributed by atoms with Gasteiger partial charge in [0.25, 0.3) is 0 Å². The molecule has 0 aliphatic rings. The Morgan fingerprint density at radius 2 is 2.31 bits per heavy atom. The Kier molecular flexibility index (Phi) is 4.87. The first kappa shape index (κ1) is 12.6. The van der Waals surface area contributed by atoms with Gasteiger partial charge < -0.3 is 5.11 Å². The Morgan fingerprint density at radius 3 is 2.88 bits per heavy atom.